The molecule has 0 saturated carbocycles. The van der Waals surface area contributed by atoms with Gasteiger partial charge in [-0.1, -0.05) is 6.92 Å². The van der Waals surface area contributed by atoms with E-state index >= 15 is 0 Å². The van der Waals surface area contributed by atoms with Crippen LogP contribution in [0.25, 0.3) is 0 Å². The summed E-state index contributed by atoms with van der Waals surface area (Å²) >= 11 is 2.73. The van der Waals surface area contributed by atoms with Crippen molar-refractivity contribution in [1.82, 2.24) is 9.36 Å². The smallest absolute Gasteiger partial charge is 0.194 e. The normalized spacial score (nSPS) is 10.6. The molecule has 16 heavy (non-hydrogen) atoms. The first-order chi connectivity index (χ1) is 7.69. The van der Waals surface area contributed by atoms with Crippen LogP contribution in [0, 0.1) is 0 Å². The van der Waals surface area contributed by atoms with Gasteiger partial charge < -0.3 is 4.42 Å². The Labute approximate surface area is 101 Å². The van der Waals surface area contributed by atoms with Gasteiger partial charge in [-0.2, -0.15) is 4.37 Å². The fraction of sp³-hybridized carbons (Fsp3) is 0.300. The minimum atomic E-state index is -0.0710. The van der Waals surface area contributed by atoms with Crippen LogP contribution in [0.4, 0.5) is 0 Å². The van der Waals surface area contributed by atoms with E-state index in [0.717, 1.165) is 16.6 Å². The Morgan fingerprint density at radius 2 is 2.38 bits per heavy atom. The summed E-state index contributed by atoms with van der Waals surface area (Å²) in [7, 11) is 0. The summed E-state index contributed by atoms with van der Waals surface area (Å²) in [6.07, 6.45) is 0.827. The van der Waals surface area contributed by atoms with Crippen LogP contribution in [-0.4, -0.2) is 15.1 Å². The molecular formula is C10H10N2O2S2. The zero-order valence-corrected chi connectivity index (χ0v) is 10.5. The Balaban J connectivity index is 2.11. The Morgan fingerprint density at radius 3 is 2.94 bits per heavy atom. The molecule has 0 radical (unpaired) electrons. The van der Waals surface area contributed by atoms with Gasteiger partial charge in [-0.15, -0.1) is 0 Å². The zero-order valence-electron chi connectivity index (χ0n) is 8.89. The van der Waals surface area contributed by atoms with Gasteiger partial charge in [-0.05, 0) is 35.4 Å². The lowest BCUT2D eigenvalue weighted by Crippen LogP contribution is -1.85. The number of hydrogen-bond donors (Lipinski definition) is 0. The summed E-state index contributed by atoms with van der Waals surface area (Å²) in [5, 5.41) is 0.670. The largest absolute Gasteiger partial charge is 0.446 e. The van der Waals surface area contributed by atoms with Gasteiger partial charge in [0.15, 0.2) is 21.0 Å². The number of hydrogen-bond acceptors (Lipinski definition) is 6. The van der Waals surface area contributed by atoms with Crippen molar-refractivity contribution in [2.75, 3.05) is 0 Å². The van der Waals surface area contributed by atoms with Gasteiger partial charge in [0.1, 0.15) is 5.82 Å². The topological polar surface area (TPSA) is 56.0 Å². The molecule has 0 atom stereocenters. The van der Waals surface area contributed by atoms with Crippen molar-refractivity contribution < 1.29 is 9.21 Å². The third kappa shape index (κ3) is 2.51. The SMILES string of the molecule is CCc1nsc(Sc2ccc(C(C)=O)o2)n1. The van der Waals surface area contributed by atoms with E-state index in [4.69, 9.17) is 4.42 Å². The van der Waals surface area contributed by atoms with E-state index in [9.17, 15) is 4.79 Å². The van der Waals surface area contributed by atoms with E-state index < -0.39 is 0 Å². The van der Waals surface area contributed by atoms with Gasteiger partial charge in [0.2, 0.25) is 0 Å². The van der Waals surface area contributed by atoms with Crippen LogP contribution in [0.3, 0.4) is 0 Å². The van der Waals surface area contributed by atoms with Crippen molar-refractivity contribution in [2.24, 2.45) is 0 Å². The Hall–Kier alpha value is -1.14. The first-order valence-electron chi connectivity index (χ1n) is 4.80. The van der Waals surface area contributed by atoms with E-state index in [2.05, 4.69) is 9.36 Å². The van der Waals surface area contributed by atoms with Crippen LogP contribution in [0.1, 0.15) is 30.2 Å². The molecule has 0 bridgehead atoms. The van der Waals surface area contributed by atoms with E-state index in [1.54, 1.807) is 12.1 Å². The third-order valence-electron chi connectivity index (χ3n) is 1.88. The second kappa shape index (κ2) is 4.80. The lowest BCUT2D eigenvalue weighted by molar-refractivity contribution is 0.0982. The number of aromatic nitrogens is 2. The van der Waals surface area contributed by atoms with Gasteiger partial charge in [0.05, 0.1) is 0 Å². The highest BCUT2D eigenvalue weighted by atomic mass is 32.2. The second-order valence-electron chi connectivity index (χ2n) is 3.11. The Kier molecular flexibility index (Phi) is 3.40. The Morgan fingerprint density at radius 1 is 1.56 bits per heavy atom. The average molecular weight is 254 g/mol. The van der Waals surface area contributed by atoms with Crippen molar-refractivity contribution >= 4 is 29.1 Å². The monoisotopic (exact) mass is 254 g/mol. The van der Waals surface area contributed by atoms with Crippen molar-refractivity contribution in [3.05, 3.63) is 23.7 Å². The molecule has 0 fully saturated rings. The molecule has 2 aromatic heterocycles. The van der Waals surface area contributed by atoms with Gasteiger partial charge >= 0.3 is 0 Å². The maximum Gasteiger partial charge on any atom is 0.194 e. The van der Waals surface area contributed by atoms with Crippen molar-refractivity contribution in [1.29, 1.82) is 0 Å². The zero-order chi connectivity index (χ0) is 11.5. The number of carbonyl (C=O) groups excluding carboxylic acids is 1. The molecule has 4 nitrogen and oxygen atoms in total. The lowest BCUT2D eigenvalue weighted by atomic mass is 10.3. The number of ketones is 1. The molecule has 0 aromatic carbocycles. The quantitative estimate of drug-likeness (QED) is 0.785. The van der Waals surface area contributed by atoms with Crippen LogP contribution >= 0.6 is 23.3 Å². The highest BCUT2D eigenvalue weighted by Crippen LogP contribution is 2.30. The van der Waals surface area contributed by atoms with Crippen LogP contribution in [0.5, 0.6) is 0 Å². The van der Waals surface area contributed by atoms with Crippen molar-refractivity contribution in [2.45, 2.75) is 29.7 Å². The molecule has 2 aromatic rings. The van der Waals surface area contributed by atoms with Crippen molar-refractivity contribution in [3.63, 3.8) is 0 Å². The number of furan rings is 1. The maximum absolute atomic E-state index is 11.0. The molecule has 6 heteroatoms. The molecule has 2 rings (SSSR count). The predicted octanol–water partition coefficient (Wildman–Crippen LogP) is 3.05. The highest BCUT2D eigenvalue weighted by Gasteiger charge is 2.10. The van der Waals surface area contributed by atoms with E-state index in [1.807, 2.05) is 6.92 Å². The van der Waals surface area contributed by atoms with Crippen LogP contribution in [0.2, 0.25) is 0 Å². The minimum absolute atomic E-state index is 0.0710. The third-order valence-corrected chi connectivity index (χ3v) is 3.59. The number of nitrogens with zero attached hydrogens (tertiary/aromatic N) is 2. The van der Waals surface area contributed by atoms with E-state index in [0.29, 0.717) is 10.9 Å². The lowest BCUT2D eigenvalue weighted by Gasteiger charge is -1.90. The van der Waals surface area contributed by atoms with E-state index in [1.165, 1.54) is 30.2 Å². The van der Waals surface area contributed by atoms with Crippen LogP contribution in [-0.2, 0) is 6.42 Å². The summed E-state index contributed by atoms with van der Waals surface area (Å²) in [4.78, 5) is 15.3. The number of Topliss-reactive ketones (excluding diaryl/α,β-unsaturated/α-hetero) is 1. The molecule has 0 aliphatic carbocycles. The molecule has 0 amide bonds. The summed E-state index contributed by atoms with van der Waals surface area (Å²) in [5.74, 6) is 1.15. The van der Waals surface area contributed by atoms with Gasteiger partial charge in [0, 0.05) is 13.3 Å². The molecular weight excluding hydrogens is 244 g/mol. The standard InChI is InChI=1S/C10H10N2O2S2/c1-3-8-11-10(16-12-8)15-9-5-4-7(14-9)6(2)13/h4-5H,3H2,1-2H3. The number of aryl methyl sites for hydroxylation is 1. The van der Waals surface area contributed by atoms with Crippen LogP contribution in [0.15, 0.2) is 26.0 Å². The first kappa shape index (κ1) is 11.3. The van der Waals surface area contributed by atoms with Gasteiger partial charge in [-0.3, -0.25) is 4.79 Å². The van der Waals surface area contributed by atoms with Crippen molar-refractivity contribution in [3.8, 4) is 0 Å². The summed E-state index contributed by atoms with van der Waals surface area (Å²) in [5.41, 5.74) is 0. The van der Waals surface area contributed by atoms with Crippen LogP contribution < -0.4 is 0 Å². The summed E-state index contributed by atoms with van der Waals surface area (Å²) < 4.78 is 10.4. The molecule has 0 saturated heterocycles. The molecule has 84 valence electrons. The predicted molar refractivity (Wildman–Crippen MR) is 62.1 cm³/mol. The first-order valence-corrected chi connectivity index (χ1v) is 6.39. The maximum atomic E-state index is 11.0. The van der Waals surface area contributed by atoms with Gasteiger partial charge in [-0.25, -0.2) is 4.98 Å². The molecule has 0 aliphatic heterocycles. The molecule has 0 N–H and O–H groups in total. The number of rotatable bonds is 4. The molecule has 0 spiro atoms. The average Bonchev–Trinajstić information content (AvgIpc) is 2.87. The van der Waals surface area contributed by atoms with Gasteiger partial charge in [0.25, 0.3) is 0 Å². The van der Waals surface area contributed by atoms with E-state index in [-0.39, 0.29) is 5.78 Å². The highest BCUT2D eigenvalue weighted by molar-refractivity contribution is 8.00. The summed E-state index contributed by atoms with van der Waals surface area (Å²) in [6, 6.07) is 3.45. The fourth-order valence-corrected chi connectivity index (χ4v) is 2.67. The Bertz CT molecular complexity index is 504. The summed E-state index contributed by atoms with van der Waals surface area (Å²) in [6.45, 7) is 3.49. The number of carbonyl (C=O) groups is 1. The fourth-order valence-electron chi connectivity index (χ4n) is 1.07. The minimum Gasteiger partial charge on any atom is -0.446 e. The molecule has 2 heterocycles. The second-order valence-corrected chi connectivity index (χ2v) is 5.11. The molecule has 0 aliphatic rings. The molecule has 0 unspecified atom stereocenters.